The Kier molecular flexibility index (Phi) is 9.59. The summed E-state index contributed by atoms with van der Waals surface area (Å²) in [4.78, 5) is 0. The minimum atomic E-state index is 0.127. The first-order valence-electron chi connectivity index (χ1n) is 6.09. The number of hydrogen-bond donors (Lipinski definition) is 1. The number of ether oxygens (including phenoxy) is 2. The molecular weight excluding hydrogens is 202 g/mol. The van der Waals surface area contributed by atoms with E-state index in [-0.39, 0.29) is 5.41 Å². The fraction of sp³-hybridized carbons (Fsp3) is 0.846. The summed E-state index contributed by atoms with van der Waals surface area (Å²) in [6, 6.07) is 0. The van der Waals surface area contributed by atoms with Gasteiger partial charge >= 0.3 is 0 Å². The molecule has 0 heterocycles. The summed E-state index contributed by atoms with van der Waals surface area (Å²) >= 11 is 0. The van der Waals surface area contributed by atoms with Crippen molar-refractivity contribution >= 4 is 0 Å². The Morgan fingerprint density at radius 3 is 2.62 bits per heavy atom. The summed E-state index contributed by atoms with van der Waals surface area (Å²) in [7, 11) is 1.69. The van der Waals surface area contributed by atoms with E-state index in [4.69, 9.17) is 9.47 Å². The molecule has 1 unspecified atom stereocenters. The van der Waals surface area contributed by atoms with Crippen LogP contribution in [0.15, 0.2) is 12.7 Å². The standard InChI is InChI=1S/C13H27NO2/c1-5-8-14-12-13(3,6-2)7-9-16-11-10-15-4/h6,14H,2,5,7-12H2,1,3-4H3. The molecule has 0 bridgehead atoms. The highest BCUT2D eigenvalue weighted by atomic mass is 16.5. The van der Waals surface area contributed by atoms with Gasteiger partial charge in [-0.05, 0) is 24.8 Å². The lowest BCUT2D eigenvalue weighted by Crippen LogP contribution is -2.31. The number of rotatable bonds is 11. The molecule has 3 heteroatoms. The number of hydrogen-bond acceptors (Lipinski definition) is 3. The lowest BCUT2D eigenvalue weighted by molar-refractivity contribution is 0.0590. The van der Waals surface area contributed by atoms with Gasteiger partial charge in [0.2, 0.25) is 0 Å². The highest BCUT2D eigenvalue weighted by molar-refractivity contribution is 4.92. The molecule has 0 aromatic rings. The van der Waals surface area contributed by atoms with E-state index < -0.39 is 0 Å². The molecule has 0 amide bonds. The van der Waals surface area contributed by atoms with Crippen molar-refractivity contribution in [3.8, 4) is 0 Å². The van der Waals surface area contributed by atoms with Crippen LogP contribution in [0.2, 0.25) is 0 Å². The van der Waals surface area contributed by atoms with Gasteiger partial charge in [-0.1, -0.05) is 19.9 Å². The Bertz CT molecular complexity index is 173. The van der Waals surface area contributed by atoms with Gasteiger partial charge in [0.15, 0.2) is 0 Å². The van der Waals surface area contributed by atoms with Gasteiger partial charge in [0.05, 0.1) is 13.2 Å². The van der Waals surface area contributed by atoms with E-state index in [1.165, 1.54) is 0 Å². The third kappa shape index (κ3) is 7.85. The molecule has 1 N–H and O–H groups in total. The molecule has 0 aliphatic rings. The highest BCUT2D eigenvalue weighted by Gasteiger charge is 2.19. The van der Waals surface area contributed by atoms with Gasteiger partial charge in [0.1, 0.15) is 0 Å². The van der Waals surface area contributed by atoms with Crippen LogP contribution in [0, 0.1) is 5.41 Å². The number of nitrogens with one attached hydrogen (secondary N) is 1. The molecule has 0 aromatic carbocycles. The van der Waals surface area contributed by atoms with Crippen LogP contribution in [-0.4, -0.2) is 40.0 Å². The largest absolute Gasteiger partial charge is 0.382 e. The van der Waals surface area contributed by atoms with Crippen LogP contribution in [-0.2, 0) is 9.47 Å². The van der Waals surface area contributed by atoms with Crippen LogP contribution in [0.1, 0.15) is 26.7 Å². The lowest BCUT2D eigenvalue weighted by Gasteiger charge is -2.26. The average molecular weight is 229 g/mol. The van der Waals surface area contributed by atoms with Gasteiger partial charge in [0.25, 0.3) is 0 Å². The molecule has 0 saturated carbocycles. The first-order valence-corrected chi connectivity index (χ1v) is 6.09. The minimum Gasteiger partial charge on any atom is -0.382 e. The zero-order chi connectivity index (χ0) is 12.3. The number of methoxy groups -OCH3 is 1. The van der Waals surface area contributed by atoms with Gasteiger partial charge < -0.3 is 14.8 Å². The van der Waals surface area contributed by atoms with E-state index >= 15 is 0 Å². The zero-order valence-corrected chi connectivity index (χ0v) is 11.1. The highest BCUT2D eigenvalue weighted by Crippen LogP contribution is 2.21. The first-order chi connectivity index (χ1) is 7.68. The Morgan fingerprint density at radius 2 is 2.06 bits per heavy atom. The maximum absolute atomic E-state index is 5.48. The molecule has 96 valence electrons. The van der Waals surface area contributed by atoms with Crippen LogP contribution in [0.4, 0.5) is 0 Å². The maximum atomic E-state index is 5.48. The average Bonchev–Trinajstić information content (AvgIpc) is 2.29. The summed E-state index contributed by atoms with van der Waals surface area (Å²) in [6.07, 6.45) is 4.18. The molecule has 1 atom stereocenters. The summed E-state index contributed by atoms with van der Waals surface area (Å²) in [5.74, 6) is 0. The van der Waals surface area contributed by atoms with Crippen molar-refractivity contribution in [2.24, 2.45) is 5.41 Å². The minimum absolute atomic E-state index is 0.127. The maximum Gasteiger partial charge on any atom is 0.0700 e. The van der Waals surface area contributed by atoms with Crippen molar-refractivity contribution in [1.82, 2.24) is 5.32 Å². The van der Waals surface area contributed by atoms with E-state index in [0.717, 1.165) is 32.5 Å². The van der Waals surface area contributed by atoms with E-state index in [9.17, 15) is 0 Å². The lowest BCUT2D eigenvalue weighted by atomic mass is 9.87. The fourth-order valence-electron chi connectivity index (χ4n) is 1.36. The predicted octanol–water partition coefficient (Wildman–Crippen LogP) is 2.23. The molecule has 0 saturated heterocycles. The summed E-state index contributed by atoms with van der Waals surface area (Å²) < 4.78 is 10.4. The van der Waals surface area contributed by atoms with Crippen LogP contribution in [0.25, 0.3) is 0 Å². The van der Waals surface area contributed by atoms with Gasteiger partial charge in [-0.15, -0.1) is 6.58 Å². The van der Waals surface area contributed by atoms with Gasteiger partial charge in [-0.2, -0.15) is 0 Å². The Balaban J connectivity index is 3.65. The van der Waals surface area contributed by atoms with Crippen molar-refractivity contribution < 1.29 is 9.47 Å². The Morgan fingerprint density at radius 1 is 1.31 bits per heavy atom. The molecule has 0 spiro atoms. The van der Waals surface area contributed by atoms with Gasteiger partial charge in [0, 0.05) is 20.3 Å². The molecular formula is C13H27NO2. The molecule has 0 fully saturated rings. The first kappa shape index (κ1) is 15.6. The second-order valence-electron chi connectivity index (χ2n) is 4.39. The molecule has 0 rings (SSSR count). The zero-order valence-electron chi connectivity index (χ0n) is 11.1. The molecule has 3 nitrogen and oxygen atoms in total. The summed E-state index contributed by atoms with van der Waals surface area (Å²) in [6.45, 7) is 12.4. The van der Waals surface area contributed by atoms with E-state index in [1.54, 1.807) is 7.11 Å². The van der Waals surface area contributed by atoms with Crippen molar-refractivity contribution in [1.29, 1.82) is 0 Å². The van der Waals surface area contributed by atoms with Gasteiger partial charge in [-0.25, -0.2) is 0 Å². The van der Waals surface area contributed by atoms with Crippen molar-refractivity contribution in [2.45, 2.75) is 26.7 Å². The van der Waals surface area contributed by atoms with E-state index in [2.05, 4.69) is 25.7 Å². The fourth-order valence-corrected chi connectivity index (χ4v) is 1.36. The monoisotopic (exact) mass is 229 g/mol. The quantitative estimate of drug-likeness (QED) is 0.435. The molecule has 16 heavy (non-hydrogen) atoms. The summed E-state index contributed by atoms with van der Waals surface area (Å²) in [5.41, 5.74) is 0.127. The molecule has 0 aliphatic heterocycles. The van der Waals surface area contributed by atoms with E-state index in [0.29, 0.717) is 13.2 Å². The molecule has 0 radical (unpaired) electrons. The van der Waals surface area contributed by atoms with Crippen LogP contribution >= 0.6 is 0 Å². The van der Waals surface area contributed by atoms with Crippen LogP contribution in [0.5, 0.6) is 0 Å². The SMILES string of the molecule is C=CC(C)(CCOCCOC)CNCCC. The second-order valence-corrected chi connectivity index (χ2v) is 4.39. The van der Waals surface area contributed by atoms with Crippen molar-refractivity contribution in [3.05, 3.63) is 12.7 Å². The van der Waals surface area contributed by atoms with E-state index in [1.807, 2.05) is 6.08 Å². The third-order valence-electron chi connectivity index (χ3n) is 2.70. The molecule has 0 aromatic heterocycles. The van der Waals surface area contributed by atoms with Crippen molar-refractivity contribution in [3.63, 3.8) is 0 Å². The van der Waals surface area contributed by atoms with Gasteiger partial charge in [-0.3, -0.25) is 0 Å². The van der Waals surface area contributed by atoms with Crippen molar-refractivity contribution in [2.75, 3.05) is 40.0 Å². The van der Waals surface area contributed by atoms with Crippen LogP contribution in [0.3, 0.4) is 0 Å². The normalized spacial score (nSPS) is 14.7. The smallest absolute Gasteiger partial charge is 0.0700 e. The predicted molar refractivity (Wildman–Crippen MR) is 68.8 cm³/mol. The third-order valence-corrected chi connectivity index (χ3v) is 2.70. The second kappa shape index (κ2) is 9.82. The topological polar surface area (TPSA) is 30.5 Å². The Labute approximate surface area is 100 Å². The van der Waals surface area contributed by atoms with Crippen LogP contribution < -0.4 is 5.32 Å². The summed E-state index contributed by atoms with van der Waals surface area (Å²) in [5, 5.41) is 3.43. The molecule has 0 aliphatic carbocycles. The Hall–Kier alpha value is -0.380.